The average Bonchev–Trinajstić information content (AvgIpc) is 2.55. The van der Waals surface area contributed by atoms with Crippen LogP contribution in [0.3, 0.4) is 0 Å². The molecular weight excluding hydrogens is 265 g/mol. The zero-order valence-corrected chi connectivity index (χ0v) is 10.4. The van der Waals surface area contributed by atoms with Crippen LogP contribution in [-0.2, 0) is 6.18 Å². The third-order valence-electron chi connectivity index (χ3n) is 2.51. The molecule has 0 amide bonds. The molecule has 2 aromatic rings. The number of halogens is 3. The van der Waals surface area contributed by atoms with Crippen molar-refractivity contribution >= 4 is 33.0 Å². The second-order valence-electron chi connectivity index (χ2n) is 3.90. The number of thiophene rings is 1. The van der Waals surface area contributed by atoms with Gasteiger partial charge in [-0.15, -0.1) is 11.3 Å². The van der Waals surface area contributed by atoms with Gasteiger partial charge in [-0.3, -0.25) is 4.79 Å². The number of Topliss-reactive ketones (excluding diaryl/α,β-unsaturated/α-hetero) is 1. The van der Waals surface area contributed by atoms with Crippen LogP contribution in [0.25, 0.3) is 10.2 Å². The second kappa shape index (κ2) is 3.94. The lowest BCUT2D eigenvalue weighted by atomic mass is 10.1. The van der Waals surface area contributed by atoms with Gasteiger partial charge >= 0.3 is 6.18 Å². The number of alkyl halides is 3. The summed E-state index contributed by atoms with van der Waals surface area (Å²) >= 11 is 0.891. The van der Waals surface area contributed by atoms with Gasteiger partial charge < -0.3 is 5.73 Å². The molecule has 18 heavy (non-hydrogen) atoms. The normalized spacial score (nSPS) is 12.1. The van der Waals surface area contributed by atoms with E-state index in [1.54, 1.807) is 0 Å². The summed E-state index contributed by atoms with van der Waals surface area (Å²) < 4.78 is 37.8. The van der Waals surface area contributed by atoms with Crippen molar-refractivity contribution in [1.82, 2.24) is 4.98 Å². The molecular formula is C11H9F3N2OS. The number of nitrogens with zero attached hydrogens (tertiary/aromatic N) is 1. The van der Waals surface area contributed by atoms with E-state index in [1.165, 1.54) is 13.8 Å². The summed E-state index contributed by atoms with van der Waals surface area (Å²) in [4.78, 5) is 15.2. The maximum Gasteiger partial charge on any atom is 0.433 e. The van der Waals surface area contributed by atoms with Crippen molar-refractivity contribution < 1.29 is 18.0 Å². The summed E-state index contributed by atoms with van der Waals surface area (Å²) in [6.45, 7) is 2.84. The number of anilines is 1. The van der Waals surface area contributed by atoms with Crippen LogP contribution in [0, 0.1) is 6.92 Å². The van der Waals surface area contributed by atoms with E-state index in [2.05, 4.69) is 4.98 Å². The first-order valence-electron chi connectivity index (χ1n) is 4.99. The monoisotopic (exact) mass is 274 g/mol. The van der Waals surface area contributed by atoms with Gasteiger partial charge in [-0.1, -0.05) is 0 Å². The molecule has 0 radical (unpaired) electrons. The lowest BCUT2D eigenvalue weighted by molar-refractivity contribution is -0.141. The van der Waals surface area contributed by atoms with Gasteiger partial charge in [0.05, 0.1) is 10.6 Å². The Hall–Kier alpha value is -1.63. The van der Waals surface area contributed by atoms with Crippen molar-refractivity contribution in [3.63, 3.8) is 0 Å². The van der Waals surface area contributed by atoms with E-state index in [4.69, 9.17) is 5.73 Å². The molecule has 0 saturated carbocycles. The summed E-state index contributed by atoms with van der Waals surface area (Å²) in [5, 5.41) is 0.429. The van der Waals surface area contributed by atoms with Gasteiger partial charge in [0.2, 0.25) is 0 Å². The molecule has 2 rings (SSSR count). The molecule has 0 saturated heterocycles. The molecule has 3 nitrogen and oxygen atoms in total. The Balaban J connectivity index is 2.79. The van der Waals surface area contributed by atoms with Crippen LogP contribution >= 0.6 is 11.3 Å². The summed E-state index contributed by atoms with van der Waals surface area (Å²) in [6.07, 6.45) is -4.51. The van der Waals surface area contributed by atoms with Gasteiger partial charge in [-0.25, -0.2) is 4.98 Å². The fourth-order valence-electron chi connectivity index (χ4n) is 1.72. The zero-order valence-electron chi connectivity index (χ0n) is 9.55. The predicted octanol–water partition coefficient (Wildman–Crippen LogP) is 3.41. The van der Waals surface area contributed by atoms with E-state index in [0.29, 0.717) is 10.9 Å². The highest BCUT2D eigenvalue weighted by Gasteiger charge is 2.33. The lowest BCUT2D eigenvalue weighted by Crippen LogP contribution is -2.08. The summed E-state index contributed by atoms with van der Waals surface area (Å²) in [5.41, 5.74) is 5.38. The zero-order chi connectivity index (χ0) is 13.7. The van der Waals surface area contributed by atoms with Crippen molar-refractivity contribution in [2.75, 3.05) is 5.73 Å². The Morgan fingerprint density at radius 2 is 2.06 bits per heavy atom. The number of pyridine rings is 1. The Kier molecular flexibility index (Phi) is 2.81. The molecule has 0 fully saturated rings. The molecule has 96 valence electrons. The van der Waals surface area contributed by atoms with Crippen molar-refractivity contribution in [2.24, 2.45) is 0 Å². The van der Waals surface area contributed by atoms with Crippen LogP contribution in [0.4, 0.5) is 18.9 Å². The Morgan fingerprint density at radius 1 is 1.44 bits per heavy atom. The number of aromatic nitrogens is 1. The fourth-order valence-corrected chi connectivity index (χ4v) is 2.78. The molecule has 2 heterocycles. The minimum absolute atomic E-state index is 0.144. The third kappa shape index (κ3) is 1.94. The average molecular weight is 274 g/mol. The quantitative estimate of drug-likeness (QED) is 0.811. The number of nitrogens with two attached hydrogens (primary N) is 1. The summed E-state index contributed by atoms with van der Waals surface area (Å²) in [6, 6.07) is 0.940. The van der Waals surface area contributed by atoms with Crippen molar-refractivity contribution in [1.29, 1.82) is 0 Å². The lowest BCUT2D eigenvalue weighted by Gasteiger charge is -2.07. The van der Waals surface area contributed by atoms with Crippen molar-refractivity contribution in [3.05, 3.63) is 22.2 Å². The Morgan fingerprint density at radius 3 is 2.56 bits per heavy atom. The standard InChI is InChI=1S/C11H9F3N2OS/c1-4-3-6(11(12,13)14)16-10-7(4)8(15)9(18-10)5(2)17/h3H,15H2,1-2H3. The van der Waals surface area contributed by atoms with Crippen LogP contribution in [-0.4, -0.2) is 10.8 Å². The molecule has 2 N–H and O–H groups in total. The van der Waals surface area contributed by atoms with Crippen molar-refractivity contribution in [3.8, 4) is 0 Å². The molecule has 0 spiro atoms. The minimum Gasteiger partial charge on any atom is -0.397 e. The second-order valence-corrected chi connectivity index (χ2v) is 4.90. The SMILES string of the molecule is CC(=O)c1sc2nc(C(F)(F)F)cc(C)c2c1N. The predicted molar refractivity (Wildman–Crippen MR) is 63.8 cm³/mol. The number of hydrogen-bond acceptors (Lipinski definition) is 4. The van der Waals surface area contributed by atoms with Crippen LogP contribution in [0.1, 0.15) is 27.9 Å². The van der Waals surface area contributed by atoms with Crippen LogP contribution in [0.15, 0.2) is 6.07 Å². The number of carbonyl (C=O) groups is 1. The number of rotatable bonds is 1. The number of hydrogen-bond donors (Lipinski definition) is 1. The largest absolute Gasteiger partial charge is 0.433 e. The molecule has 0 aromatic carbocycles. The molecule has 0 aliphatic rings. The van der Waals surface area contributed by atoms with Gasteiger partial charge in [0.25, 0.3) is 0 Å². The van der Waals surface area contributed by atoms with Crippen LogP contribution in [0.5, 0.6) is 0 Å². The van der Waals surface area contributed by atoms with Gasteiger partial charge in [0, 0.05) is 12.3 Å². The highest BCUT2D eigenvalue weighted by Crippen LogP contribution is 2.38. The number of fused-ring (bicyclic) bond motifs is 1. The molecule has 0 aliphatic carbocycles. The number of nitrogen functional groups attached to an aromatic ring is 1. The maximum atomic E-state index is 12.6. The van der Waals surface area contributed by atoms with E-state index >= 15 is 0 Å². The molecule has 2 aromatic heterocycles. The summed E-state index contributed by atoms with van der Waals surface area (Å²) in [5.74, 6) is -0.275. The highest BCUT2D eigenvalue weighted by atomic mass is 32.1. The number of carbonyl (C=O) groups excluding carboxylic acids is 1. The van der Waals surface area contributed by atoms with Crippen LogP contribution < -0.4 is 5.73 Å². The van der Waals surface area contributed by atoms with E-state index in [9.17, 15) is 18.0 Å². The summed E-state index contributed by atoms with van der Waals surface area (Å²) in [7, 11) is 0. The highest BCUT2D eigenvalue weighted by molar-refractivity contribution is 7.21. The molecule has 0 unspecified atom stereocenters. The van der Waals surface area contributed by atoms with Crippen LogP contribution in [0.2, 0.25) is 0 Å². The Bertz CT molecular complexity index is 646. The third-order valence-corrected chi connectivity index (χ3v) is 3.71. The van der Waals surface area contributed by atoms with E-state index in [-0.39, 0.29) is 21.2 Å². The number of ketones is 1. The van der Waals surface area contributed by atoms with E-state index < -0.39 is 11.9 Å². The Labute approximate surface area is 104 Å². The molecule has 0 atom stereocenters. The van der Waals surface area contributed by atoms with Gasteiger partial charge in [-0.05, 0) is 18.6 Å². The number of aryl methyl sites for hydroxylation is 1. The first kappa shape index (κ1) is 12.8. The van der Waals surface area contributed by atoms with Gasteiger partial charge in [0.1, 0.15) is 10.5 Å². The van der Waals surface area contributed by atoms with E-state index in [1.807, 2.05) is 0 Å². The first-order chi connectivity index (χ1) is 8.21. The fraction of sp³-hybridized carbons (Fsp3) is 0.273. The minimum atomic E-state index is -4.51. The molecule has 0 bridgehead atoms. The van der Waals surface area contributed by atoms with E-state index in [0.717, 1.165) is 17.4 Å². The molecule has 7 heteroatoms. The first-order valence-corrected chi connectivity index (χ1v) is 5.81. The van der Waals surface area contributed by atoms with Gasteiger partial charge in [-0.2, -0.15) is 13.2 Å². The smallest absolute Gasteiger partial charge is 0.397 e. The van der Waals surface area contributed by atoms with Crippen molar-refractivity contribution in [2.45, 2.75) is 20.0 Å². The maximum absolute atomic E-state index is 12.6. The topological polar surface area (TPSA) is 56.0 Å². The molecule has 0 aliphatic heterocycles. The van der Waals surface area contributed by atoms with Gasteiger partial charge in [0.15, 0.2) is 5.78 Å².